The normalized spacial score (nSPS) is 15.7. The second kappa shape index (κ2) is 10.1. The summed E-state index contributed by atoms with van der Waals surface area (Å²) in [7, 11) is 0. The number of hydrogen-bond acceptors (Lipinski definition) is 4. The Bertz CT molecular complexity index is 844. The molecule has 0 spiro atoms. The van der Waals surface area contributed by atoms with E-state index in [1.807, 2.05) is 51.1 Å². The average Bonchev–Trinajstić information content (AvgIpc) is 2.69. The summed E-state index contributed by atoms with van der Waals surface area (Å²) in [6.45, 7) is 15.4. The Morgan fingerprint density at radius 1 is 1.20 bits per heavy atom. The quantitative estimate of drug-likeness (QED) is 0.550. The molecule has 1 aliphatic heterocycles. The summed E-state index contributed by atoms with van der Waals surface area (Å²) < 4.78 is 0. The van der Waals surface area contributed by atoms with Gasteiger partial charge in [0.25, 0.3) is 0 Å². The molecule has 30 heavy (non-hydrogen) atoms. The van der Waals surface area contributed by atoms with Crippen molar-refractivity contribution in [1.29, 1.82) is 0 Å². The Balaban J connectivity index is 2.37. The Kier molecular flexibility index (Phi) is 7.83. The predicted octanol–water partition coefficient (Wildman–Crippen LogP) is 2.67. The fourth-order valence-electron chi connectivity index (χ4n) is 3.42. The lowest BCUT2D eigenvalue weighted by Gasteiger charge is -2.40. The van der Waals surface area contributed by atoms with Crippen molar-refractivity contribution >= 4 is 11.9 Å². The van der Waals surface area contributed by atoms with E-state index in [1.165, 1.54) is 0 Å². The summed E-state index contributed by atoms with van der Waals surface area (Å²) in [6, 6.07) is 9.00. The van der Waals surface area contributed by atoms with Gasteiger partial charge < -0.3 is 16.8 Å². The molecule has 5 N–H and O–H groups in total. The lowest BCUT2D eigenvalue weighted by molar-refractivity contribution is -0.120. The molecule has 0 radical (unpaired) electrons. The van der Waals surface area contributed by atoms with Crippen LogP contribution in [-0.4, -0.2) is 40.9 Å². The summed E-state index contributed by atoms with van der Waals surface area (Å²) in [5.74, 6) is 0.139. The molecule has 1 unspecified atom stereocenters. The van der Waals surface area contributed by atoms with Gasteiger partial charge in [-0.15, -0.1) is 0 Å². The number of rotatable bonds is 10. The van der Waals surface area contributed by atoms with Crippen LogP contribution < -0.4 is 16.8 Å². The molecule has 1 aliphatic rings. The summed E-state index contributed by atoms with van der Waals surface area (Å²) in [4.78, 5) is 28.0. The summed E-state index contributed by atoms with van der Waals surface area (Å²) in [5.41, 5.74) is 14.6. The summed E-state index contributed by atoms with van der Waals surface area (Å²) in [5, 5.41) is 3.11. The minimum absolute atomic E-state index is 0.205. The number of amides is 3. The molecule has 0 fully saturated rings. The van der Waals surface area contributed by atoms with Crippen LogP contribution in [0.3, 0.4) is 0 Å². The summed E-state index contributed by atoms with van der Waals surface area (Å²) in [6.07, 6.45) is 0.566. The third-order valence-corrected chi connectivity index (χ3v) is 5.02. The van der Waals surface area contributed by atoms with Gasteiger partial charge in [0.1, 0.15) is 5.82 Å². The number of nitrogens with one attached hydrogen (secondary N) is 1. The third kappa shape index (κ3) is 5.30. The van der Waals surface area contributed by atoms with Crippen molar-refractivity contribution < 1.29 is 9.59 Å². The molecule has 162 valence electrons. The van der Waals surface area contributed by atoms with E-state index in [1.54, 1.807) is 9.80 Å². The van der Waals surface area contributed by atoms with Crippen LogP contribution in [0, 0.1) is 5.92 Å². The number of benzene rings is 1. The fraction of sp³-hybridized carbons (Fsp3) is 0.391. The van der Waals surface area contributed by atoms with Gasteiger partial charge in [0.15, 0.2) is 0 Å². The second-order valence-electron chi connectivity index (χ2n) is 7.91. The van der Waals surface area contributed by atoms with Crippen LogP contribution in [0.1, 0.15) is 32.8 Å². The molecule has 0 saturated heterocycles. The van der Waals surface area contributed by atoms with E-state index in [0.717, 1.165) is 5.56 Å². The maximum absolute atomic E-state index is 13.2. The molecule has 0 aromatic heterocycles. The van der Waals surface area contributed by atoms with E-state index < -0.39 is 11.9 Å². The van der Waals surface area contributed by atoms with E-state index in [2.05, 4.69) is 18.5 Å². The lowest BCUT2D eigenvalue weighted by Crippen LogP contribution is -2.50. The molecule has 3 amide bonds. The molecular formula is C23H33N5O2. The first-order valence-corrected chi connectivity index (χ1v) is 10.2. The van der Waals surface area contributed by atoms with E-state index in [-0.39, 0.29) is 11.9 Å². The molecule has 7 nitrogen and oxygen atoms in total. The molecule has 7 heteroatoms. The smallest absolute Gasteiger partial charge is 0.330 e. The highest BCUT2D eigenvalue weighted by Crippen LogP contribution is 2.31. The van der Waals surface area contributed by atoms with E-state index in [9.17, 15) is 9.59 Å². The Labute approximate surface area is 179 Å². The number of urea groups is 1. The Morgan fingerprint density at radius 2 is 1.83 bits per heavy atom. The first-order chi connectivity index (χ1) is 14.2. The molecule has 1 atom stereocenters. The van der Waals surface area contributed by atoms with Gasteiger partial charge in [-0.25, -0.2) is 4.79 Å². The van der Waals surface area contributed by atoms with Gasteiger partial charge in [0.05, 0.1) is 12.6 Å². The summed E-state index contributed by atoms with van der Waals surface area (Å²) >= 11 is 0. The van der Waals surface area contributed by atoms with Gasteiger partial charge in [0.2, 0.25) is 5.91 Å². The molecule has 1 aromatic carbocycles. The number of nitrogens with zero attached hydrogens (tertiary/aromatic N) is 2. The van der Waals surface area contributed by atoms with Crippen molar-refractivity contribution in [3.05, 3.63) is 71.7 Å². The van der Waals surface area contributed by atoms with E-state index in [0.29, 0.717) is 48.7 Å². The minimum Gasteiger partial charge on any atom is -0.384 e. The fourth-order valence-corrected chi connectivity index (χ4v) is 3.42. The van der Waals surface area contributed by atoms with Crippen molar-refractivity contribution in [2.75, 3.05) is 13.1 Å². The molecule has 0 saturated carbocycles. The number of hydrogen-bond donors (Lipinski definition) is 3. The Hall–Kier alpha value is -3.06. The van der Waals surface area contributed by atoms with Crippen LogP contribution in [0.15, 0.2) is 66.2 Å². The second-order valence-corrected chi connectivity index (χ2v) is 7.91. The van der Waals surface area contributed by atoms with Gasteiger partial charge in [0, 0.05) is 24.4 Å². The van der Waals surface area contributed by atoms with Crippen molar-refractivity contribution in [2.45, 2.75) is 39.8 Å². The van der Waals surface area contributed by atoms with Crippen LogP contribution in [0.4, 0.5) is 4.79 Å². The van der Waals surface area contributed by atoms with Crippen LogP contribution in [-0.2, 0) is 11.3 Å². The van der Waals surface area contributed by atoms with E-state index >= 15 is 0 Å². The largest absolute Gasteiger partial charge is 0.384 e. The molecule has 0 bridgehead atoms. The molecular weight excluding hydrogens is 378 g/mol. The number of allylic oxidation sites excluding steroid dienone is 1. The first kappa shape index (κ1) is 23.2. The van der Waals surface area contributed by atoms with Gasteiger partial charge in [-0.2, -0.15) is 0 Å². The van der Waals surface area contributed by atoms with Crippen LogP contribution in [0.25, 0.3) is 0 Å². The Morgan fingerprint density at radius 3 is 2.37 bits per heavy atom. The average molecular weight is 412 g/mol. The zero-order chi connectivity index (χ0) is 22.4. The van der Waals surface area contributed by atoms with Gasteiger partial charge in [-0.05, 0) is 23.5 Å². The maximum atomic E-state index is 13.2. The highest BCUT2D eigenvalue weighted by Gasteiger charge is 2.35. The zero-order valence-electron chi connectivity index (χ0n) is 18.1. The minimum atomic E-state index is -0.464. The molecule has 2 rings (SSSR count). The highest BCUT2D eigenvalue weighted by molar-refractivity contribution is 5.83. The zero-order valence-corrected chi connectivity index (χ0v) is 18.1. The number of primary amides is 1. The van der Waals surface area contributed by atoms with Gasteiger partial charge in [-0.1, -0.05) is 64.3 Å². The predicted molar refractivity (Wildman–Crippen MR) is 120 cm³/mol. The van der Waals surface area contributed by atoms with Gasteiger partial charge in [-0.3, -0.25) is 14.6 Å². The van der Waals surface area contributed by atoms with Crippen molar-refractivity contribution in [3.8, 4) is 0 Å². The van der Waals surface area contributed by atoms with Crippen molar-refractivity contribution in [1.82, 2.24) is 15.1 Å². The van der Waals surface area contributed by atoms with Crippen molar-refractivity contribution in [2.24, 2.45) is 17.4 Å². The topological polar surface area (TPSA) is 105 Å². The number of carbonyl (C=O) groups is 2. The number of carbonyl (C=O) groups excluding carboxylic acids is 2. The highest BCUT2D eigenvalue weighted by atomic mass is 16.2. The van der Waals surface area contributed by atoms with Gasteiger partial charge >= 0.3 is 6.03 Å². The van der Waals surface area contributed by atoms with Crippen LogP contribution >= 0.6 is 0 Å². The molecule has 0 aliphatic carbocycles. The third-order valence-electron chi connectivity index (χ3n) is 5.02. The SMILES string of the molecule is C=C(CNC(CC)C(N)=O)C1=C(N)N(Cc2ccccc2)C(=O)N(CC(C)C)C1=C. The van der Waals surface area contributed by atoms with Crippen LogP contribution in [0.2, 0.25) is 0 Å². The lowest BCUT2D eigenvalue weighted by atomic mass is 9.99. The van der Waals surface area contributed by atoms with E-state index in [4.69, 9.17) is 11.5 Å². The molecule has 1 heterocycles. The first-order valence-electron chi connectivity index (χ1n) is 10.2. The maximum Gasteiger partial charge on any atom is 0.330 e. The number of nitrogens with two attached hydrogens (primary N) is 2. The van der Waals surface area contributed by atoms with Crippen LogP contribution in [0.5, 0.6) is 0 Å². The molecule has 1 aromatic rings. The standard InChI is InChI=1S/C23H33N5O2/c1-6-19(22(25)29)26-12-16(4)20-17(5)27(13-15(2)3)23(30)28(21(20)24)14-18-10-8-7-9-11-18/h7-11,15,19,26H,4-6,12-14,24H2,1-3H3,(H2,25,29). The van der Waals surface area contributed by atoms with Crippen molar-refractivity contribution in [3.63, 3.8) is 0 Å². The monoisotopic (exact) mass is 411 g/mol.